The van der Waals surface area contributed by atoms with E-state index < -0.39 is 11.5 Å². The molecule has 0 radical (unpaired) electrons. The van der Waals surface area contributed by atoms with Crippen molar-refractivity contribution in [3.05, 3.63) is 29.8 Å². The predicted molar refractivity (Wildman–Crippen MR) is 87.1 cm³/mol. The van der Waals surface area contributed by atoms with Crippen LogP contribution in [0.4, 0.5) is 4.79 Å². The minimum Gasteiger partial charge on any atom is -0.480 e. The number of hydrogen-bond acceptors (Lipinski definition) is 3. The third-order valence-corrected chi connectivity index (χ3v) is 4.84. The van der Waals surface area contributed by atoms with Gasteiger partial charge < -0.3 is 15.3 Å². The summed E-state index contributed by atoms with van der Waals surface area (Å²) < 4.78 is 0. The Morgan fingerprint density at radius 2 is 2.05 bits per heavy atom. The number of carboxylic acids is 1. The Labute approximate surface area is 135 Å². The van der Waals surface area contributed by atoms with Crippen LogP contribution in [0, 0.1) is 0 Å². The van der Waals surface area contributed by atoms with E-state index in [1.165, 1.54) is 4.90 Å². The molecule has 0 spiro atoms. The first-order valence-electron chi connectivity index (χ1n) is 7.36. The number of rotatable bonds is 5. The Balaban J connectivity index is 2.01. The first-order valence-corrected chi connectivity index (χ1v) is 8.59. The molecule has 0 saturated heterocycles. The van der Waals surface area contributed by atoms with Crippen molar-refractivity contribution >= 4 is 23.8 Å². The van der Waals surface area contributed by atoms with Gasteiger partial charge in [0.1, 0.15) is 5.54 Å². The molecule has 22 heavy (non-hydrogen) atoms. The molecule has 5 nitrogen and oxygen atoms in total. The summed E-state index contributed by atoms with van der Waals surface area (Å²) in [4.78, 5) is 26.5. The summed E-state index contributed by atoms with van der Waals surface area (Å²) in [7, 11) is 1.69. The van der Waals surface area contributed by atoms with Crippen LogP contribution in [-0.2, 0) is 11.3 Å². The molecule has 0 unspecified atom stereocenters. The number of benzene rings is 1. The second-order valence-corrected chi connectivity index (χ2v) is 6.61. The molecular formula is C16H22N2O3S. The Hall–Kier alpha value is -1.69. The highest BCUT2D eigenvalue weighted by molar-refractivity contribution is 7.98. The molecule has 120 valence electrons. The van der Waals surface area contributed by atoms with E-state index in [0.717, 1.165) is 23.3 Å². The third kappa shape index (κ3) is 3.74. The maximum atomic E-state index is 12.3. The van der Waals surface area contributed by atoms with Gasteiger partial charge >= 0.3 is 12.0 Å². The van der Waals surface area contributed by atoms with E-state index >= 15 is 0 Å². The number of carbonyl (C=O) groups is 2. The van der Waals surface area contributed by atoms with Crippen molar-refractivity contribution in [2.75, 3.05) is 13.3 Å². The largest absolute Gasteiger partial charge is 0.480 e. The zero-order chi connectivity index (χ0) is 16.2. The van der Waals surface area contributed by atoms with Crippen LogP contribution in [0.1, 0.15) is 31.2 Å². The van der Waals surface area contributed by atoms with E-state index in [9.17, 15) is 14.7 Å². The summed E-state index contributed by atoms with van der Waals surface area (Å²) in [5.41, 5.74) is -0.0628. The Kier molecular flexibility index (Phi) is 5.34. The number of thioether (sulfide) groups is 1. The molecule has 1 aromatic rings. The van der Waals surface area contributed by atoms with E-state index in [2.05, 4.69) is 5.32 Å². The molecule has 2 amide bonds. The lowest BCUT2D eigenvalue weighted by Crippen LogP contribution is -2.55. The van der Waals surface area contributed by atoms with Crippen molar-refractivity contribution in [1.82, 2.24) is 10.2 Å². The number of carboxylic acid groups (broad SMARTS) is 1. The molecule has 1 fully saturated rings. The van der Waals surface area contributed by atoms with Crippen LogP contribution in [0.15, 0.2) is 29.2 Å². The summed E-state index contributed by atoms with van der Waals surface area (Å²) in [5, 5.41) is 12.1. The van der Waals surface area contributed by atoms with E-state index in [1.54, 1.807) is 18.8 Å². The lowest BCUT2D eigenvalue weighted by molar-refractivity contribution is -0.144. The Bertz CT molecular complexity index is 556. The highest BCUT2D eigenvalue weighted by Gasteiger charge is 2.43. The average molecular weight is 322 g/mol. The van der Waals surface area contributed by atoms with Gasteiger partial charge in [-0.3, -0.25) is 0 Å². The van der Waals surface area contributed by atoms with E-state index in [0.29, 0.717) is 19.4 Å². The van der Waals surface area contributed by atoms with Gasteiger partial charge in [-0.25, -0.2) is 9.59 Å². The molecule has 1 aliphatic rings. The van der Waals surface area contributed by atoms with Gasteiger partial charge in [0.15, 0.2) is 0 Å². The number of nitrogens with zero attached hydrogens (tertiary/aromatic N) is 1. The summed E-state index contributed by atoms with van der Waals surface area (Å²) in [5.74, 6) is -0.934. The molecule has 1 aromatic carbocycles. The zero-order valence-corrected chi connectivity index (χ0v) is 13.8. The van der Waals surface area contributed by atoms with Gasteiger partial charge in [0, 0.05) is 18.5 Å². The Morgan fingerprint density at radius 1 is 1.36 bits per heavy atom. The molecule has 1 saturated carbocycles. The van der Waals surface area contributed by atoms with Gasteiger partial charge in [-0.1, -0.05) is 25.0 Å². The number of carbonyl (C=O) groups excluding carboxylic acids is 1. The zero-order valence-electron chi connectivity index (χ0n) is 13.0. The lowest BCUT2D eigenvalue weighted by atomic mass is 9.98. The number of amides is 2. The molecule has 0 heterocycles. The van der Waals surface area contributed by atoms with Crippen molar-refractivity contribution in [2.45, 2.75) is 42.7 Å². The third-order valence-electron chi connectivity index (χ3n) is 4.11. The van der Waals surface area contributed by atoms with Gasteiger partial charge in [0.2, 0.25) is 0 Å². The lowest BCUT2D eigenvalue weighted by Gasteiger charge is -2.28. The van der Waals surface area contributed by atoms with Crippen LogP contribution in [0.5, 0.6) is 0 Å². The SMILES string of the molecule is CSc1cccc(CN(C)C(=O)NC2(C(=O)O)CCCC2)c1. The van der Waals surface area contributed by atoms with Crippen molar-refractivity contribution in [3.63, 3.8) is 0 Å². The smallest absolute Gasteiger partial charge is 0.329 e. The van der Waals surface area contributed by atoms with Crippen LogP contribution in [0.3, 0.4) is 0 Å². The summed E-state index contributed by atoms with van der Waals surface area (Å²) >= 11 is 1.65. The average Bonchev–Trinajstić information content (AvgIpc) is 2.97. The highest BCUT2D eigenvalue weighted by atomic mass is 32.2. The molecular weight excluding hydrogens is 300 g/mol. The second-order valence-electron chi connectivity index (χ2n) is 5.73. The fourth-order valence-corrected chi connectivity index (χ4v) is 3.27. The van der Waals surface area contributed by atoms with Crippen molar-refractivity contribution in [2.24, 2.45) is 0 Å². The van der Waals surface area contributed by atoms with Crippen LogP contribution in [0.25, 0.3) is 0 Å². The maximum absolute atomic E-state index is 12.3. The van der Waals surface area contributed by atoms with Gasteiger partial charge in [-0.15, -0.1) is 11.8 Å². The van der Waals surface area contributed by atoms with E-state index in [-0.39, 0.29) is 6.03 Å². The van der Waals surface area contributed by atoms with Gasteiger partial charge in [-0.05, 0) is 36.8 Å². The molecule has 2 N–H and O–H groups in total. The molecule has 0 aromatic heterocycles. The van der Waals surface area contributed by atoms with E-state index in [1.807, 2.05) is 30.5 Å². The number of aliphatic carboxylic acids is 1. The molecule has 0 atom stereocenters. The van der Waals surface area contributed by atoms with Crippen LogP contribution in [-0.4, -0.2) is 40.8 Å². The Morgan fingerprint density at radius 3 is 2.64 bits per heavy atom. The van der Waals surface area contributed by atoms with Crippen molar-refractivity contribution < 1.29 is 14.7 Å². The minimum absolute atomic E-state index is 0.334. The molecule has 2 rings (SSSR count). The topological polar surface area (TPSA) is 69.6 Å². The normalized spacial score (nSPS) is 16.3. The van der Waals surface area contributed by atoms with Gasteiger partial charge in [0.25, 0.3) is 0 Å². The molecule has 0 bridgehead atoms. The number of hydrogen-bond donors (Lipinski definition) is 2. The van der Waals surface area contributed by atoms with Crippen molar-refractivity contribution in [3.8, 4) is 0 Å². The number of nitrogens with one attached hydrogen (secondary N) is 1. The summed E-state index contributed by atoms with van der Waals surface area (Å²) in [6, 6.07) is 7.65. The fourth-order valence-electron chi connectivity index (χ4n) is 2.79. The van der Waals surface area contributed by atoms with Crippen LogP contribution in [0.2, 0.25) is 0 Å². The fraction of sp³-hybridized carbons (Fsp3) is 0.500. The van der Waals surface area contributed by atoms with Crippen LogP contribution >= 0.6 is 11.8 Å². The minimum atomic E-state index is -1.09. The van der Waals surface area contributed by atoms with E-state index in [4.69, 9.17) is 0 Å². The molecule has 6 heteroatoms. The van der Waals surface area contributed by atoms with Crippen LogP contribution < -0.4 is 5.32 Å². The summed E-state index contributed by atoms with van der Waals surface area (Å²) in [6.07, 6.45) is 4.69. The quantitative estimate of drug-likeness (QED) is 0.818. The maximum Gasteiger partial charge on any atom is 0.329 e. The van der Waals surface area contributed by atoms with Crippen molar-refractivity contribution in [1.29, 1.82) is 0 Å². The predicted octanol–water partition coefficient (Wildman–Crippen LogP) is 2.95. The molecule has 0 aliphatic heterocycles. The second kappa shape index (κ2) is 7.05. The highest BCUT2D eigenvalue weighted by Crippen LogP contribution is 2.30. The first kappa shape index (κ1) is 16.7. The number of urea groups is 1. The first-order chi connectivity index (χ1) is 10.5. The summed E-state index contributed by atoms with van der Waals surface area (Å²) in [6.45, 7) is 0.454. The van der Waals surface area contributed by atoms with Gasteiger partial charge in [-0.2, -0.15) is 0 Å². The monoisotopic (exact) mass is 322 g/mol. The standard InChI is InChI=1S/C16H22N2O3S/c1-18(11-12-6-5-7-13(10-12)22-2)15(21)17-16(14(19)20)8-3-4-9-16/h5-7,10H,3-4,8-9,11H2,1-2H3,(H,17,21)(H,19,20). The van der Waals surface area contributed by atoms with Gasteiger partial charge in [0.05, 0.1) is 0 Å². The molecule has 1 aliphatic carbocycles.